The summed E-state index contributed by atoms with van der Waals surface area (Å²) in [6, 6.07) is -0.375. The molecule has 74 valence electrons. The Morgan fingerprint density at radius 2 is 2.31 bits per heavy atom. The molecule has 1 unspecified atom stereocenters. The first-order valence-electron chi connectivity index (χ1n) is 3.78. The predicted molar refractivity (Wildman–Crippen MR) is 58.8 cm³/mol. The van der Waals surface area contributed by atoms with Crippen LogP contribution in [0.5, 0.6) is 0 Å². The van der Waals surface area contributed by atoms with Gasteiger partial charge in [0.15, 0.2) is 0 Å². The highest BCUT2D eigenvalue weighted by Gasteiger charge is 2.07. The molecular formula is C8H13NO2S2. The highest BCUT2D eigenvalue weighted by molar-refractivity contribution is 8.76. The lowest BCUT2D eigenvalue weighted by Gasteiger charge is -2.09. The summed E-state index contributed by atoms with van der Waals surface area (Å²) in [5.74, 6) is 1.27. The third-order valence-electron chi connectivity index (χ3n) is 1.07. The number of hydrogen-bond donors (Lipinski definition) is 1. The summed E-state index contributed by atoms with van der Waals surface area (Å²) in [6.45, 7) is 4.97. The fourth-order valence-corrected chi connectivity index (χ4v) is 2.50. The van der Waals surface area contributed by atoms with Crippen molar-refractivity contribution in [2.45, 2.75) is 13.0 Å². The second-order valence-electron chi connectivity index (χ2n) is 2.30. The SMILES string of the molecule is C=CCSSCC(C=O)NC(C)=O. The summed E-state index contributed by atoms with van der Waals surface area (Å²) in [6.07, 6.45) is 2.55. The zero-order chi connectivity index (χ0) is 10.1. The third-order valence-corrected chi connectivity index (χ3v) is 3.42. The van der Waals surface area contributed by atoms with E-state index in [1.807, 2.05) is 0 Å². The molecule has 0 heterocycles. The molecule has 0 spiro atoms. The first-order valence-corrected chi connectivity index (χ1v) is 6.27. The van der Waals surface area contributed by atoms with Crippen molar-refractivity contribution in [1.82, 2.24) is 5.32 Å². The van der Waals surface area contributed by atoms with E-state index in [0.29, 0.717) is 5.75 Å². The van der Waals surface area contributed by atoms with E-state index in [1.54, 1.807) is 27.7 Å². The van der Waals surface area contributed by atoms with Crippen molar-refractivity contribution in [2.24, 2.45) is 0 Å². The maximum atomic E-state index is 10.6. The summed E-state index contributed by atoms with van der Waals surface area (Å²) in [7, 11) is 3.16. The van der Waals surface area contributed by atoms with Crippen LogP contribution in [0.25, 0.3) is 0 Å². The molecule has 1 atom stereocenters. The van der Waals surface area contributed by atoms with E-state index in [4.69, 9.17) is 0 Å². The zero-order valence-electron chi connectivity index (χ0n) is 7.49. The molecule has 0 aliphatic heterocycles. The molecule has 5 heteroatoms. The molecule has 1 amide bonds. The summed E-state index contributed by atoms with van der Waals surface area (Å²) in [5, 5.41) is 2.54. The molecule has 0 aliphatic carbocycles. The Balaban J connectivity index is 3.53. The van der Waals surface area contributed by atoms with Crippen molar-refractivity contribution in [3.8, 4) is 0 Å². The van der Waals surface area contributed by atoms with Crippen molar-refractivity contribution in [1.29, 1.82) is 0 Å². The molecule has 0 aromatic carbocycles. The zero-order valence-corrected chi connectivity index (χ0v) is 9.12. The summed E-state index contributed by atoms with van der Waals surface area (Å²) in [4.78, 5) is 21.0. The summed E-state index contributed by atoms with van der Waals surface area (Å²) < 4.78 is 0. The van der Waals surface area contributed by atoms with Gasteiger partial charge in [0.25, 0.3) is 0 Å². The Bertz CT molecular complexity index is 185. The predicted octanol–water partition coefficient (Wildman–Crippen LogP) is 1.26. The first kappa shape index (κ1) is 12.6. The number of carbonyl (C=O) groups is 2. The van der Waals surface area contributed by atoms with Crippen LogP contribution in [0.4, 0.5) is 0 Å². The number of nitrogens with one attached hydrogen (secondary N) is 1. The van der Waals surface area contributed by atoms with Crippen LogP contribution in [0.2, 0.25) is 0 Å². The van der Waals surface area contributed by atoms with Gasteiger partial charge in [0, 0.05) is 18.4 Å². The van der Waals surface area contributed by atoms with Crippen molar-refractivity contribution in [3.63, 3.8) is 0 Å². The van der Waals surface area contributed by atoms with Crippen LogP contribution in [-0.2, 0) is 9.59 Å². The van der Waals surface area contributed by atoms with Crippen molar-refractivity contribution >= 4 is 33.8 Å². The van der Waals surface area contributed by atoms with Gasteiger partial charge in [0.05, 0.1) is 6.04 Å². The van der Waals surface area contributed by atoms with Gasteiger partial charge in [-0.05, 0) is 0 Å². The van der Waals surface area contributed by atoms with E-state index in [2.05, 4.69) is 11.9 Å². The fraction of sp³-hybridized carbons (Fsp3) is 0.500. The van der Waals surface area contributed by atoms with E-state index in [9.17, 15) is 9.59 Å². The number of rotatable bonds is 7. The van der Waals surface area contributed by atoms with Gasteiger partial charge in [-0.25, -0.2) is 0 Å². The molecular weight excluding hydrogens is 206 g/mol. The van der Waals surface area contributed by atoms with Gasteiger partial charge < -0.3 is 10.1 Å². The van der Waals surface area contributed by atoms with Crippen molar-refractivity contribution in [2.75, 3.05) is 11.5 Å². The second kappa shape index (κ2) is 8.19. The van der Waals surface area contributed by atoms with E-state index in [0.717, 1.165) is 12.0 Å². The lowest BCUT2D eigenvalue weighted by atomic mass is 10.4. The summed E-state index contributed by atoms with van der Waals surface area (Å²) in [5.41, 5.74) is 0. The van der Waals surface area contributed by atoms with Gasteiger partial charge in [-0.15, -0.1) is 6.58 Å². The minimum atomic E-state index is -0.375. The normalized spacial score (nSPS) is 11.8. The van der Waals surface area contributed by atoms with Gasteiger partial charge in [-0.1, -0.05) is 27.7 Å². The Labute approximate surface area is 86.1 Å². The Morgan fingerprint density at radius 1 is 1.62 bits per heavy atom. The van der Waals surface area contributed by atoms with E-state index in [-0.39, 0.29) is 11.9 Å². The lowest BCUT2D eigenvalue weighted by molar-refractivity contribution is -0.121. The van der Waals surface area contributed by atoms with Crippen LogP contribution in [0.15, 0.2) is 12.7 Å². The molecule has 1 N–H and O–H groups in total. The average molecular weight is 219 g/mol. The molecule has 0 bridgehead atoms. The molecule has 3 nitrogen and oxygen atoms in total. The van der Waals surface area contributed by atoms with E-state index < -0.39 is 0 Å². The maximum Gasteiger partial charge on any atom is 0.217 e. The summed E-state index contributed by atoms with van der Waals surface area (Å²) >= 11 is 0. The highest BCUT2D eigenvalue weighted by Crippen LogP contribution is 2.21. The van der Waals surface area contributed by atoms with Crippen LogP contribution in [-0.4, -0.2) is 29.7 Å². The molecule has 0 rings (SSSR count). The minimum Gasteiger partial charge on any atom is -0.346 e. The van der Waals surface area contributed by atoms with Gasteiger partial charge >= 0.3 is 0 Å². The Morgan fingerprint density at radius 3 is 2.77 bits per heavy atom. The maximum absolute atomic E-state index is 10.6. The van der Waals surface area contributed by atoms with Crippen LogP contribution in [0.3, 0.4) is 0 Å². The molecule has 0 saturated heterocycles. The monoisotopic (exact) mass is 219 g/mol. The second-order valence-corrected chi connectivity index (χ2v) is 4.85. The van der Waals surface area contributed by atoms with Gasteiger partial charge in [-0.2, -0.15) is 0 Å². The standard InChI is InChI=1S/C8H13NO2S2/c1-3-4-12-13-6-8(5-10)9-7(2)11/h3,5,8H,1,4,6H2,2H3,(H,9,11). The Kier molecular flexibility index (Phi) is 7.93. The van der Waals surface area contributed by atoms with E-state index >= 15 is 0 Å². The van der Waals surface area contributed by atoms with E-state index in [1.165, 1.54) is 6.92 Å². The van der Waals surface area contributed by atoms with Crippen molar-refractivity contribution < 1.29 is 9.59 Å². The molecule has 0 aromatic heterocycles. The van der Waals surface area contributed by atoms with Crippen molar-refractivity contribution in [3.05, 3.63) is 12.7 Å². The largest absolute Gasteiger partial charge is 0.346 e. The van der Waals surface area contributed by atoms with Crippen LogP contribution < -0.4 is 5.32 Å². The Hall–Kier alpha value is -0.420. The quantitative estimate of drug-likeness (QED) is 0.303. The van der Waals surface area contributed by atoms with Crippen LogP contribution in [0.1, 0.15) is 6.92 Å². The molecule has 13 heavy (non-hydrogen) atoms. The molecule has 0 fully saturated rings. The molecule has 0 aromatic rings. The fourth-order valence-electron chi connectivity index (χ4n) is 0.594. The van der Waals surface area contributed by atoms with Gasteiger partial charge in [0.1, 0.15) is 6.29 Å². The smallest absolute Gasteiger partial charge is 0.217 e. The number of amides is 1. The number of hydrogen-bond acceptors (Lipinski definition) is 4. The number of carbonyl (C=O) groups excluding carboxylic acids is 2. The minimum absolute atomic E-state index is 0.175. The lowest BCUT2D eigenvalue weighted by Crippen LogP contribution is -2.35. The van der Waals surface area contributed by atoms with Gasteiger partial charge in [-0.3, -0.25) is 4.79 Å². The number of aldehydes is 1. The molecule has 0 radical (unpaired) electrons. The average Bonchev–Trinajstić information content (AvgIpc) is 2.09. The first-order chi connectivity index (χ1) is 6.20. The topological polar surface area (TPSA) is 46.2 Å². The van der Waals surface area contributed by atoms with Gasteiger partial charge in [0.2, 0.25) is 5.91 Å². The molecule has 0 saturated carbocycles. The van der Waals surface area contributed by atoms with Crippen LogP contribution >= 0.6 is 21.6 Å². The third kappa shape index (κ3) is 7.93. The van der Waals surface area contributed by atoms with Crippen LogP contribution in [0, 0.1) is 0 Å². The highest BCUT2D eigenvalue weighted by atomic mass is 33.1. The molecule has 0 aliphatic rings.